The molecule has 2 rings (SSSR count). The highest BCUT2D eigenvalue weighted by Gasteiger charge is 2.13. The van der Waals surface area contributed by atoms with Crippen LogP contribution in [-0.2, 0) is 4.74 Å². The molecule has 0 saturated carbocycles. The van der Waals surface area contributed by atoms with Crippen LogP contribution in [-0.4, -0.2) is 40.0 Å². The van der Waals surface area contributed by atoms with Gasteiger partial charge in [-0.05, 0) is 56.5 Å². The van der Waals surface area contributed by atoms with Gasteiger partial charge in [-0.3, -0.25) is 0 Å². The largest absolute Gasteiger partial charge is 0.489 e. The molecule has 0 amide bonds. The molecule has 4 heteroatoms. The van der Waals surface area contributed by atoms with Crippen molar-refractivity contribution in [2.24, 2.45) is 5.92 Å². The molecule has 1 saturated heterocycles. The topological polar surface area (TPSA) is 42.5 Å². The fourth-order valence-corrected chi connectivity index (χ4v) is 2.48. The molecule has 20 heavy (non-hydrogen) atoms. The van der Waals surface area contributed by atoms with Gasteiger partial charge < -0.3 is 20.1 Å². The van der Waals surface area contributed by atoms with Gasteiger partial charge in [0.2, 0.25) is 0 Å². The number of anilines is 1. The van der Waals surface area contributed by atoms with Gasteiger partial charge in [0.15, 0.2) is 0 Å². The summed E-state index contributed by atoms with van der Waals surface area (Å²) in [5, 5.41) is 6.98. The van der Waals surface area contributed by atoms with E-state index in [1.54, 1.807) is 7.11 Å². The van der Waals surface area contributed by atoms with Crippen LogP contribution in [0.5, 0.6) is 5.75 Å². The number of hydrogen-bond acceptors (Lipinski definition) is 4. The van der Waals surface area contributed by atoms with Gasteiger partial charge in [-0.1, -0.05) is 6.07 Å². The highest BCUT2D eigenvalue weighted by molar-refractivity contribution is 5.57. The summed E-state index contributed by atoms with van der Waals surface area (Å²) >= 11 is 0. The molecule has 2 N–H and O–H groups in total. The highest BCUT2D eigenvalue weighted by Crippen LogP contribution is 2.26. The molecular formula is C16H26N2O2. The molecular weight excluding hydrogens is 252 g/mol. The second-order valence-electron chi connectivity index (χ2n) is 5.43. The molecule has 1 aromatic rings. The Hall–Kier alpha value is -1.26. The summed E-state index contributed by atoms with van der Waals surface area (Å²) < 4.78 is 10.8. The van der Waals surface area contributed by atoms with E-state index < -0.39 is 0 Å². The number of aryl methyl sites for hydroxylation is 1. The maximum absolute atomic E-state index is 5.80. The maximum atomic E-state index is 5.80. The van der Waals surface area contributed by atoms with Crippen LogP contribution < -0.4 is 15.4 Å². The minimum atomic E-state index is 0.583. The summed E-state index contributed by atoms with van der Waals surface area (Å²) in [4.78, 5) is 0. The Morgan fingerprint density at radius 2 is 2.25 bits per heavy atom. The van der Waals surface area contributed by atoms with E-state index in [0.29, 0.717) is 19.1 Å². The molecule has 0 radical (unpaired) electrons. The van der Waals surface area contributed by atoms with Crippen molar-refractivity contribution in [3.05, 3.63) is 23.8 Å². The highest BCUT2D eigenvalue weighted by atomic mass is 16.5. The average molecular weight is 278 g/mol. The van der Waals surface area contributed by atoms with Crippen molar-refractivity contribution in [1.82, 2.24) is 5.32 Å². The van der Waals surface area contributed by atoms with Gasteiger partial charge in [0.05, 0.1) is 12.3 Å². The molecule has 1 aliphatic heterocycles. The maximum Gasteiger partial charge on any atom is 0.142 e. The first-order valence-electron chi connectivity index (χ1n) is 7.46. The first-order chi connectivity index (χ1) is 9.79. The zero-order chi connectivity index (χ0) is 14.2. The second kappa shape index (κ2) is 8.12. The average Bonchev–Trinajstić information content (AvgIpc) is 2.48. The Morgan fingerprint density at radius 1 is 1.35 bits per heavy atom. The van der Waals surface area contributed by atoms with Crippen molar-refractivity contribution >= 4 is 5.69 Å². The lowest BCUT2D eigenvalue weighted by Gasteiger charge is -2.24. The molecule has 0 aromatic heterocycles. The molecule has 0 spiro atoms. The van der Waals surface area contributed by atoms with Gasteiger partial charge in [0.25, 0.3) is 0 Å². The Bertz CT molecular complexity index is 403. The van der Waals surface area contributed by atoms with Crippen LogP contribution in [0.1, 0.15) is 18.4 Å². The fraction of sp³-hybridized carbons (Fsp3) is 0.625. The van der Waals surface area contributed by atoms with E-state index in [1.807, 2.05) is 0 Å². The van der Waals surface area contributed by atoms with Gasteiger partial charge in [-0.15, -0.1) is 0 Å². The number of nitrogens with one attached hydrogen (secondary N) is 2. The van der Waals surface area contributed by atoms with Gasteiger partial charge in [-0.25, -0.2) is 0 Å². The van der Waals surface area contributed by atoms with E-state index >= 15 is 0 Å². The van der Waals surface area contributed by atoms with Gasteiger partial charge in [0, 0.05) is 13.7 Å². The predicted octanol–water partition coefficient (Wildman–Crippen LogP) is 2.43. The summed E-state index contributed by atoms with van der Waals surface area (Å²) in [5.41, 5.74) is 2.29. The monoisotopic (exact) mass is 278 g/mol. The van der Waals surface area contributed by atoms with Crippen molar-refractivity contribution in [2.75, 3.05) is 45.3 Å². The molecule has 1 unspecified atom stereocenters. The molecule has 1 aliphatic rings. The Labute approximate surface area is 121 Å². The molecule has 0 aliphatic carbocycles. The van der Waals surface area contributed by atoms with Crippen LogP contribution in [0.3, 0.4) is 0 Å². The van der Waals surface area contributed by atoms with Crippen molar-refractivity contribution in [3.8, 4) is 5.75 Å². The van der Waals surface area contributed by atoms with Gasteiger partial charge in [0.1, 0.15) is 12.4 Å². The number of methoxy groups -OCH3 is 1. The summed E-state index contributed by atoms with van der Waals surface area (Å²) in [5.74, 6) is 1.63. The van der Waals surface area contributed by atoms with Crippen molar-refractivity contribution in [3.63, 3.8) is 0 Å². The van der Waals surface area contributed by atoms with Crippen molar-refractivity contribution < 1.29 is 9.47 Å². The quantitative estimate of drug-likeness (QED) is 0.752. The van der Waals surface area contributed by atoms with Crippen molar-refractivity contribution in [2.45, 2.75) is 19.8 Å². The number of benzene rings is 1. The minimum Gasteiger partial charge on any atom is -0.489 e. The zero-order valence-electron chi connectivity index (χ0n) is 12.6. The smallest absolute Gasteiger partial charge is 0.142 e. The van der Waals surface area contributed by atoms with Crippen LogP contribution in [0.15, 0.2) is 18.2 Å². The Kier molecular flexibility index (Phi) is 6.15. The second-order valence-corrected chi connectivity index (χ2v) is 5.43. The molecule has 4 nitrogen and oxygen atoms in total. The molecule has 1 heterocycles. The van der Waals surface area contributed by atoms with Gasteiger partial charge in [-0.2, -0.15) is 0 Å². The summed E-state index contributed by atoms with van der Waals surface area (Å²) in [6.45, 7) is 6.54. The minimum absolute atomic E-state index is 0.583. The van der Waals surface area contributed by atoms with E-state index in [1.165, 1.54) is 18.4 Å². The summed E-state index contributed by atoms with van der Waals surface area (Å²) in [6.07, 6.45) is 2.57. The number of ether oxygens (including phenoxy) is 2. The summed E-state index contributed by atoms with van der Waals surface area (Å²) in [6, 6.07) is 6.30. The van der Waals surface area contributed by atoms with E-state index in [0.717, 1.165) is 31.1 Å². The molecule has 1 atom stereocenters. The first kappa shape index (κ1) is 15.1. The van der Waals surface area contributed by atoms with Crippen LogP contribution in [0.25, 0.3) is 0 Å². The third-order valence-corrected chi connectivity index (χ3v) is 3.66. The SMILES string of the molecule is COCCOc1cc(C)ccc1NCC1CCCNC1. The first-order valence-corrected chi connectivity index (χ1v) is 7.46. The zero-order valence-corrected chi connectivity index (χ0v) is 12.6. The van der Waals surface area contributed by atoms with Gasteiger partial charge >= 0.3 is 0 Å². The summed E-state index contributed by atoms with van der Waals surface area (Å²) in [7, 11) is 1.69. The lowest BCUT2D eigenvalue weighted by molar-refractivity contribution is 0.146. The number of rotatable bonds is 7. The normalized spacial score (nSPS) is 18.8. The standard InChI is InChI=1S/C16H26N2O2/c1-13-5-6-15(16(10-13)20-9-8-19-2)18-12-14-4-3-7-17-11-14/h5-6,10,14,17-18H,3-4,7-9,11-12H2,1-2H3. The molecule has 1 aromatic carbocycles. The lowest BCUT2D eigenvalue weighted by atomic mass is 9.99. The molecule has 0 bridgehead atoms. The lowest BCUT2D eigenvalue weighted by Crippen LogP contribution is -2.33. The van der Waals surface area contributed by atoms with Crippen LogP contribution in [0.4, 0.5) is 5.69 Å². The van der Waals surface area contributed by atoms with Crippen LogP contribution >= 0.6 is 0 Å². The predicted molar refractivity (Wildman–Crippen MR) is 82.6 cm³/mol. The van der Waals surface area contributed by atoms with E-state index in [2.05, 4.69) is 35.8 Å². The fourth-order valence-electron chi connectivity index (χ4n) is 2.48. The number of hydrogen-bond donors (Lipinski definition) is 2. The Morgan fingerprint density at radius 3 is 3.00 bits per heavy atom. The van der Waals surface area contributed by atoms with Crippen molar-refractivity contribution in [1.29, 1.82) is 0 Å². The third-order valence-electron chi connectivity index (χ3n) is 3.66. The molecule has 112 valence electrons. The molecule has 1 fully saturated rings. The van der Waals surface area contributed by atoms with E-state index in [-0.39, 0.29) is 0 Å². The Balaban J connectivity index is 1.91. The number of piperidine rings is 1. The van der Waals surface area contributed by atoms with Crippen LogP contribution in [0.2, 0.25) is 0 Å². The van der Waals surface area contributed by atoms with E-state index in [9.17, 15) is 0 Å². The van der Waals surface area contributed by atoms with E-state index in [4.69, 9.17) is 9.47 Å². The third kappa shape index (κ3) is 4.69. The van der Waals surface area contributed by atoms with Crippen LogP contribution in [0, 0.1) is 12.8 Å².